The van der Waals surface area contributed by atoms with Crippen molar-refractivity contribution in [2.75, 3.05) is 25.0 Å². The average molecular weight is 274 g/mol. The first-order valence-electron chi connectivity index (χ1n) is 7.87. The van der Waals surface area contributed by atoms with Crippen LogP contribution in [0.2, 0.25) is 0 Å². The van der Waals surface area contributed by atoms with Crippen LogP contribution in [0, 0.1) is 5.92 Å². The van der Waals surface area contributed by atoms with E-state index in [1.54, 1.807) is 22.3 Å². The Bertz CT molecular complexity index is 463. The van der Waals surface area contributed by atoms with Crippen LogP contribution in [0.4, 0.5) is 5.69 Å². The fraction of sp³-hybridized carbons (Fsp3) is 0.667. The van der Waals surface area contributed by atoms with E-state index in [0.717, 1.165) is 25.6 Å². The van der Waals surface area contributed by atoms with Crippen molar-refractivity contribution >= 4 is 5.69 Å². The Labute approximate surface area is 124 Å². The molecule has 2 aliphatic heterocycles. The first-order chi connectivity index (χ1) is 9.25. The maximum Gasteiger partial charge on any atom is 0.0408 e. The molecule has 0 aliphatic carbocycles. The van der Waals surface area contributed by atoms with Crippen LogP contribution in [0.15, 0.2) is 6.07 Å². The number of hydrogen-bond donors (Lipinski definition) is 2. The first-order valence-corrected chi connectivity index (χ1v) is 7.87. The highest BCUT2D eigenvalue weighted by molar-refractivity contribution is 5.64. The lowest BCUT2D eigenvalue weighted by atomic mass is 9.85. The van der Waals surface area contributed by atoms with Crippen molar-refractivity contribution in [3.63, 3.8) is 0 Å². The Kier molecular flexibility index (Phi) is 5.09. The van der Waals surface area contributed by atoms with Crippen LogP contribution in [-0.4, -0.2) is 19.6 Å². The summed E-state index contributed by atoms with van der Waals surface area (Å²) in [6.07, 6.45) is 6.16. The Morgan fingerprint density at radius 3 is 2.65 bits per heavy atom. The van der Waals surface area contributed by atoms with Gasteiger partial charge in [-0.25, -0.2) is 0 Å². The Morgan fingerprint density at radius 1 is 1.05 bits per heavy atom. The molecule has 1 aromatic rings. The highest BCUT2D eigenvalue weighted by Gasteiger charge is 2.21. The van der Waals surface area contributed by atoms with Crippen LogP contribution in [-0.2, 0) is 25.7 Å². The molecule has 0 spiro atoms. The summed E-state index contributed by atoms with van der Waals surface area (Å²) in [7, 11) is 0. The molecule has 2 heterocycles. The zero-order chi connectivity index (χ0) is 13.2. The van der Waals surface area contributed by atoms with Gasteiger partial charge in [-0.05, 0) is 73.4 Å². The zero-order valence-electron chi connectivity index (χ0n) is 12.3. The van der Waals surface area contributed by atoms with E-state index in [1.807, 2.05) is 0 Å². The van der Waals surface area contributed by atoms with E-state index in [1.165, 1.54) is 37.8 Å². The summed E-state index contributed by atoms with van der Waals surface area (Å²) in [6, 6.07) is 2.49. The topological polar surface area (TPSA) is 24.1 Å². The molecule has 2 heteroatoms. The van der Waals surface area contributed by atoms with Crippen LogP contribution in [0.1, 0.15) is 49.9 Å². The second-order valence-corrected chi connectivity index (χ2v) is 6.41. The normalized spacial score (nSPS) is 17.6. The summed E-state index contributed by atoms with van der Waals surface area (Å²) >= 11 is 0. The maximum atomic E-state index is 3.69. The molecule has 0 amide bonds. The second kappa shape index (κ2) is 6.62. The van der Waals surface area contributed by atoms with Crippen molar-refractivity contribution in [3.8, 4) is 0 Å². The lowest BCUT2D eigenvalue weighted by Gasteiger charge is -2.26. The van der Waals surface area contributed by atoms with E-state index in [9.17, 15) is 0 Å². The zero-order valence-corrected chi connectivity index (χ0v) is 12.3. The fourth-order valence-electron chi connectivity index (χ4n) is 3.55. The van der Waals surface area contributed by atoms with Gasteiger partial charge in [-0.1, -0.05) is 27.3 Å². The first kappa shape index (κ1) is 15.4. The Morgan fingerprint density at radius 2 is 1.85 bits per heavy atom. The molecule has 3 rings (SSSR count). The van der Waals surface area contributed by atoms with Crippen LogP contribution >= 0.6 is 0 Å². The molecular formula is C18H30N2. The lowest BCUT2D eigenvalue weighted by molar-refractivity contribution is 0.639. The van der Waals surface area contributed by atoms with Gasteiger partial charge in [0.2, 0.25) is 0 Å². The molecule has 2 aliphatic rings. The van der Waals surface area contributed by atoms with Crippen molar-refractivity contribution in [1.82, 2.24) is 5.32 Å². The summed E-state index contributed by atoms with van der Waals surface area (Å²) in [5.41, 5.74) is 7.95. The molecule has 0 saturated carbocycles. The number of aryl methyl sites for hydroxylation is 1. The molecule has 0 fully saturated rings. The average Bonchev–Trinajstić information content (AvgIpc) is 2.63. The largest absolute Gasteiger partial charge is 0.385 e. The molecule has 112 valence electrons. The number of anilines is 1. The predicted molar refractivity (Wildman–Crippen MR) is 88.8 cm³/mol. The van der Waals surface area contributed by atoms with Gasteiger partial charge in [0.05, 0.1) is 0 Å². The van der Waals surface area contributed by atoms with Crippen molar-refractivity contribution in [3.05, 3.63) is 28.3 Å². The second-order valence-electron chi connectivity index (χ2n) is 6.41. The van der Waals surface area contributed by atoms with Gasteiger partial charge in [0.25, 0.3) is 0 Å². The molecule has 0 radical (unpaired) electrons. The molecule has 20 heavy (non-hydrogen) atoms. The fourth-order valence-corrected chi connectivity index (χ4v) is 3.55. The number of benzene rings is 1. The summed E-state index contributed by atoms with van der Waals surface area (Å²) in [4.78, 5) is 0. The Balaban J connectivity index is 0.00000147. The van der Waals surface area contributed by atoms with Gasteiger partial charge >= 0.3 is 0 Å². The third-order valence-corrected chi connectivity index (χ3v) is 4.38. The van der Waals surface area contributed by atoms with Crippen LogP contribution in [0.25, 0.3) is 0 Å². The Hall–Kier alpha value is -1.02. The summed E-state index contributed by atoms with van der Waals surface area (Å²) in [5.74, 6) is 0.732. The highest BCUT2D eigenvalue weighted by atomic mass is 14.9. The number of hydrogen-bond acceptors (Lipinski definition) is 2. The molecule has 2 nitrogen and oxygen atoms in total. The van der Waals surface area contributed by atoms with Gasteiger partial charge < -0.3 is 10.6 Å². The molecule has 0 bridgehead atoms. The molecule has 1 aromatic carbocycles. The monoisotopic (exact) mass is 274 g/mol. The third kappa shape index (κ3) is 3.01. The van der Waals surface area contributed by atoms with Gasteiger partial charge in [-0.15, -0.1) is 0 Å². The van der Waals surface area contributed by atoms with Gasteiger partial charge in [0.1, 0.15) is 0 Å². The highest BCUT2D eigenvalue weighted by Crippen LogP contribution is 2.34. The molecule has 0 aromatic heterocycles. The van der Waals surface area contributed by atoms with Crippen molar-refractivity contribution in [2.45, 2.75) is 53.4 Å². The van der Waals surface area contributed by atoms with Gasteiger partial charge in [0, 0.05) is 12.2 Å². The molecule has 0 unspecified atom stereocenters. The van der Waals surface area contributed by atoms with Crippen LogP contribution in [0.5, 0.6) is 0 Å². The van der Waals surface area contributed by atoms with E-state index in [2.05, 4.69) is 30.5 Å². The quantitative estimate of drug-likeness (QED) is 0.861. The number of rotatable bonds is 2. The van der Waals surface area contributed by atoms with E-state index in [-0.39, 0.29) is 7.43 Å². The molecule has 2 N–H and O–H groups in total. The van der Waals surface area contributed by atoms with Gasteiger partial charge in [-0.3, -0.25) is 0 Å². The maximum absolute atomic E-state index is 3.69. The number of nitrogens with one attached hydrogen (secondary N) is 2. The van der Waals surface area contributed by atoms with Gasteiger partial charge in [-0.2, -0.15) is 0 Å². The van der Waals surface area contributed by atoms with Crippen molar-refractivity contribution in [1.29, 1.82) is 0 Å². The lowest BCUT2D eigenvalue weighted by Crippen LogP contribution is -2.18. The third-order valence-electron chi connectivity index (χ3n) is 4.38. The SMILES string of the molecule is C.CC(C)Cc1c2c(cc3c1NCCC3)CCNCC2. The minimum absolute atomic E-state index is 0. The predicted octanol–water partition coefficient (Wildman–Crippen LogP) is 3.57. The summed E-state index contributed by atoms with van der Waals surface area (Å²) in [5, 5.41) is 7.23. The molecule has 0 saturated heterocycles. The minimum Gasteiger partial charge on any atom is -0.385 e. The number of fused-ring (bicyclic) bond motifs is 2. The smallest absolute Gasteiger partial charge is 0.0408 e. The van der Waals surface area contributed by atoms with Crippen molar-refractivity contribution < 1.29 is 0 Å². The minimum atomic E-state index is 0. The molecule has 0 atom stereocenters. The van der Waals surface area contributed by atoms with Crippen molar-refractivity contribution in [2.24, 2.45) is 5.92 Å². The van der Waals surface area contributed by atoms with E-state index in [4.69, 9.17) is 0 Å². The van der Waals surface area contributed by atoms with Gasteiger partial charge in [0.15, 0.2) is 0 Å². The summed E-state index contributed by atoms with van der Waals surface area (Å²) < 4.78 is 0. The summed E-state index contributed by atoms with van der Waals surface area (Å²) in [6.45, 7) is 8.10. The van der Waals surface area contributed by atoms with Crippen LogP contribution in [0.3, 0.4) is 0 Å². The van der Waals surface area contributed by atoms with E-state index in [0.29, 0.717) is 0 Å². The van der Waals surface area contributed by atoms with Crippen LogP contribution < -0.4 is 10.6 Å². The standard InChI is InChI=1S/C17H26N2.CH4/c1-12(2)10-16-15-6-9-18-8-5-13(15)11-14-4-3-7-19-17(14)16;/h11-12,18-19H,3-10H2,1-2H3;1H4. The van der Waals surface area contributed by atoms with E-state index >= 15 is 0 Å². The van der Waals surface area contributed by atoms with E-state index < -0.39 is 0 Å². The molecular weight excluding hydrogens is 244 g/mol.